The van der Waals surface area contributed by atoms with Gasteiger partial charge in [0.1, 0.15) is 5.75 Å². The fraction of sp³-hybridized carbons (Fsp3) is 0.167. The first kappa shape index (κ1) is 21.2. The minimum atomic E-state index is -0.925. The van der Waals surface area contributed by atoms with Crippen molar-refractivity contribution in [3.05, 3.63) is 88.4 Å². The van der Waals surface area contributed by atoms with E-state index in [1.807, 2.05) is 42.5 Å². The molecule has 3 aromatic carbocycles. The molecule has 0 fully saturated rings. The highest BCUT2D eigenvalue weighted by molar-refractivity contribution is 7.22. The van der Waals surface area contributed by atoms with Crippen molar-refractivity contribution in [3.63, 3.8) is 0 Å². The lowest BCUT2D eigenvalue weighted by Crippen LogP contribution is -2.25. The highest BCUT2D eigenvalue weighted by Crippen LogP contribution is 2.31. The molecule has 5 nitrogen and oxygen atoms in total. The Labute approximate surface area is 189 Å². The van der Waals surface area contributed by atoms with Gasteiger partial charge in [0.25, 0.3) is 0 Å². The molecule has 0 aliphatic rings. The van der Waals surface area contributed by atoms with Crippen LogP contribution < -0.4 is 9.64 Å². The molecule has 4 rings (SSSR count). The number of ether oxygens (including phenoxy) is 1. The number of nitrogens with zero attached hydrogens (tertiary/aromatic N) is 2. The summed E-state index contributed by atoms with van der Waals surface area (Å²) in [5, 5.41) is 10.7. The fourth-order valence-electron chi connectivity index (χ4n) is 3.29. The van der Waals surface area contributed by atoms with Crippen LogP contribution in [0, 0.1) is 0 Å². The van der Waals surface area contributed by atoms with Crippen molar-refractivity contribution >= 4 is 44.3 Å². The molecule has 31 heavy (non-hydrogen) atoms. The quantitative estimate of drug-likeness (QED) is 0.360. The average Bonchev–Trinajstić information content (AvgIpc) is 3.20. The first-order valence-electron chi connectivity index (χ1n) is 9.78. The summed E-state index contributed by atoms with van der Waals surface area (Å²) in [6.07, 6.45) is 0.841. The highest BCUT2D eigenvalue weighted by atomic mass is 35.5. The van der Waals surface area contributed by atoms with Gasteiger partial charge in [-0.25, -0.2) is 9.78 Å². The summed E-state index contributed by atoms with van der Waals surface area (Å²) in [5.41, 5.74) is 3.43. The van der Waals surface area contributed by atoms with Crippen LogP contribution in [0.3, 0.4) is 0 Å². The second-order valence-corrected chi connectivity index (χ2v) is 8.58. The Morgan fingerprint density at radius 3 is 2.45 bits per heavy atom. The number of halogens is 1. The Kier molecular flexibility index (Phi) is 6.39. The van der Waals surface area contributed by atoms with Crippen molar-refractivity contribution in [2.75, 3.05) is 18.6 Å². The molecule has 0 unspecified atom stereocenters. The first-order chi connectivity index (χ1) is 15.0. The molecular weight excluding hydrogens is 432 g/mol. The van der Waals surface area contributed by atoms with E-state index in [-0.39, 0.29) is 5.56 Å². The van der Waals surface area contributed by atoms with Gasteiger partial charge in [0.05, 0.1) is 22.9 Å². The maximum absolute atomic E-state index is 11.1. The first-order valence-corrected chi connectivity index (χ1v) is 11.0. The third-order valence-electron chi connectivity index (χ3n) is 5.01. The molecule has 0 aliphatic carbocycles. The van der Waals surface area contributed by atoms with Crippen molar-refractivity contribution in [2.45, 2.75) is 13.0 Å². The lowest BCUT2D eigenvalue weighted by molar-refractivity contribution is 0.0697. The number of methoxy groups -OCH3 is 1. The number of carbonyl (C=O) groups is 1. The van der Waals surface area contributed by atoms with Gasteiger partial charge in [-0.2, -0.15) is 0 Å². The minimum absolute atomic E-state index is 0.281. The summed E-state index contributed by atoms with van der Waals surface area (Å²) in [7, 11) is 1.66. The zero-order valence-corrected chi connectivity index (χ0v) is 18.5. The van der Waals surface area contributed by atoms with Crippen LogP contribution in [0.4, 0.5) is 5.13 Å². The summed E-state index contributed by atoms with van der Waals surface area (Å²) in [6, 6.07) is 20.8. The summed E-state index contributed by atoms with van der Waals surface area (Å²) in [4.78, 5) is 18.2. The third-order valence-corrected chi connectivity index (χ3v) is 6.33. The molecule has 1 N–H and O–H groups in total. The standard InChI is InChI=1S/C24H21ClN2O3S/c1-30-20-9-4-16(5-10-20)12-13-27(15-17-2-6-18(7-3-17)23(28)29)24-26-21-11-8-19(25)14-22(21)31-24/h2-11,14H,12-13,15H2,1H3,(H,28,29). The zero-order chi connectivity index (χ0) is 21.8. The Morgan fingerprint density at radius 1 is 1.06 bits per heavy atom. The number of thiazole rings is 1. The van der Waals surface area contributed by atoms with Gasteiger partial charge in [-0.15, -0.1) is 0 Å². The van der Waals surface area contributed by atoms with Crippen molar-refractivity contribution in [2.24, 2.45) is 0 Å². The molecule has 0 amide bonds. The van der Waals surface area contributed by atoms with Crippen molar-refractivity contribution in [3.8, 4) is 5.75 Å². The van der Waals surface area contributed by atoms with Crippen LogP contribution in [0.25, 0.3) is 10.2 Å². The number of hydrogen-bond donors (Lipinski definition) is 1. The largest absolute Gasteiger partial charge is 0.497 e. The fourth-order valence-corrected chi connectivity index (χ4v) is 4.56. The Bertz CT molecular complexity index is 1190. The van der Waals surface area contributed by atoms with Crippen LogP contribution >= 0.6 is 22.9 Å². The lowest BCUT2D eigenvalue weighted by Gasteiger charge is -2.22. The van der Waals surface area contributed by atoms with Gasteiger partial charge in [-0.05, 0) is 60.0 Å². The predicted octanol–water partition coefficient (Wildman–Crippen LogP) is 5.91. The minimum Gasteiger partial charge on any atom is -0.497 e. The van der Waals surface area contributed by atoms with Crippen LogP contribution in [-0.4, -0.2) is 29.7 Å². The molecule has 0 saturated carbocycles. The van der Waals surface area contributed by atoms with Crippen molar-refractivity contribution in [1.29, 1.82) is 0 Å². The average molecular weight is 453 g/mol. The number of aromatic carboxylic acids is 1. The monoisotopic (exact) mass is 452 g/mol. The maximum Gasteiger partial charge on any atom is 0.335 e. The number of fused-ring (bicyclic) bond motifs is 1. The number of carboxylic acids is 1. The molecule has 0 saturated heterocycles. The van der Waals surface area contributed by atoms with Crippen LogP contribution in [0.1, 0.15) is 21.5 Å². The van der Waals surface area contributed by atoms with Crippen LogP contribution in [-0.2, 0) is 13.0 Å². The molecule has 1 heterocycles. The molecule has 1 aromatic heterocycles. The van der Waals surface area contributed by atoms with E-state index in [1.54, 1.807) is 30.6 Å². The van der Waals surface area contributed by atoms with Gasteiger partial charge in [0.15, 0.2) is 5.13 Å². The summed E-state index contributed by atoms with van der Waals surface area (Å²) >= 11 is 7.75. The predicted molar refractivity (Wildman–Crippen MR) is 126 cm³/mol. The molecule has 0 bridgehead atoms. The maximum atomic E-state index is 11.1. The second-order valence-electron chi connectivity index (χ2n) is 7.13. The van der Waals surface area contributed by atoms with E-state index in [9.17, 15) is 4.79 Å². The number of anilines is 1. The van der Waals surface area contributed by atoms with Gasteiger partial charge < -0.3 is 14.7 Å². The number of aromatic nitrogens is 1. The number of benzene rings is 3. The van der Waals surface area contributed by atoms with E-state index in [1.165, 1.54) is 5.56 Å². The normalized spacial score (nSPS) is 10.9. The van der Waals surface area contributed by atoms with Gasteiger partial charge in [0.2, 0.25) is 0 Å². The summed E-state index contributed by atoms with van der Waals surface area (Å²) in [6.45, 7) is 1.39. The molecule has 158 valence electrons. The van der Waals surface area contributed by atoms with Crippen molar-refractivity contribution < 1.29 is 14.6 Å². The van der Waals surface area contributed by atoms with E-state index < -0.39 is 5.97 Å². The van der Waals surface area contributed by atoms with Crippen LogP contribution in [0.5, 0.6) is 5.75 Å². The smallest absolute Gasteiger partial charge is 0.335 e. The van der Waals surface area contributed by atoms with Gasteiger partial charge in [0, 0.05) is 18.1 Å². The number of carboxylic acid groups (broad SMARTS) is 1. The molecule has 0 spiro atoms. The second kappa shape index (κ2) is 9.37. The third kappa shape index (κ3) is 5.16. The van der Waals surface area contributed by atoms with Crippen LogP contribution in [0.15, 0.2) is 66.7 Å². The SMILES string of the molecule is COc1ccc(CCN(Cc2ccc(C(=O)O)cc2)c2nc3ccc(Cl)cc3s2)cc1. The van der Waals surface area contributed by atoms with E-state index >= 15 is 0 Å². The van der Waals surface area contributed by atoms with E-state index in [0.29, 0.717) is 11.6 Å². The summed E-state index contributed by atoms with van der Waals surface area (Å²) < 4.78 is 6.28. The molecular formula is C24H21ClN2O3S. The van der Waals surface area contributed by atoms with Crippen molar-refractivity contribution in [1.82, 2.24) is 4.98 Å². The molecule has 0 radical (unpaired) electrons. The van der Waals surface area contributed by atoms with E-state index in [0.717, 1.165) is 39.6 Å². The molecule has 4 aromatic rings. The van der Waals surface area contributed by atoms with Crippen LogP contribution in [0.2, 0.25) is 5.02 Å². The van der Waals surface area contributed by atoms with Gasteiger partial charge in [-0.1, -0.05) is 47.2 Å². The van der Waals surface area contributed by atoms with Gasteiger partial charge >= 0.3 is 5.97 Å². The number of rotatable bonds is 8. The van der Waals surface area contributed by atoms with Gasteiger partial charge in [-0.3, -0.25) is 0 Å². The Hall–Kier alpha value is -3.09. The molecule has 0 aliphatic heterocycles. The molecule has 7 heteroatoms. The highest BCUT2D eigenvalue weighted by Gasteiger charge is 2.14. The molecule has 0 atom stereocenters. The lowest BCUT2D eigenvalue weighted by atomic mass is 10.1. The zero-order valence-electron chi connectivity index (χ0n) is 16.9. The Morgan fingerprint density at radius 2 is 1.77 bits per heavy atom. The topological polar surface area (TPSA) is 62.7 Å². The Balaban J connectivity index is 1.59. The summed E-state index contributed by atoms with van der Waals surface area (Å²) in [5.74, 6) is -0.0897. The van der Waals surface area contributed by atoms with E-state index in [2.05, 4.69) is 17.0 Å². The van der Waals surface area contributed by atoms with E-state index in [4.69, 9.17) is 26.4 Å². The number of hydrogen-bond acceptors (Lipinski definition) is 5.